The van der Waals surface area contributed by atoms with Gasteiger partial charge in [-0.15, -0.1) is 0 Å². The minimum atomic E-state index is -0.370. The van der Waals surface area contributed by atoms with Gasteiger partial charge >= 0.3 is 6.03 Å². The van der Waals surface area contributed by atoms with Gasteiger partial charge in [0.15, 0.2) is 5.82 Å². The molecule has 0 aliphatic rings. The zero-order chi connectivity index (χ0) is 15.8. The first kappa shape index (κ1) is 16.0. The lowest BCUT2D eigenvalue weighted by molar-refractivity contribution is 0.160. The van der Waals surface area contributed by atoms with Crippen molar-refractivity contribution in [2.45, 2.75) is 32.4 Å². The number of carbonyl (C=O) groups excluding carboxylic acids is 1. The van der Waals surface area contributed by atoms with Crippen LogP contribution < -0.4 is 10.6 Å². The van der Waals surface area contributed by atoms with Gasteiger partial charge in [-0.25, -0.2) is 4.79 Å². The van der Waals surface area contributed by atoms with Crippen molar-refractivity contribution in [3.63, 3.8) is 0 Å². The molecular formula is C16H22N4O2. The van der Waals surface area contributed by atoms with E-state index >= 15 is 0 Å². The van der Waals surface area contributed by atoms with E-state index in [2.05, 4.69) is 15.7 Å². The second kappa shape index (κ2) is 8.19. The number of anilines is 1. The van der Waals surface area contributed by atoms with Gasteiger partial charge in [-0.05, 0) is 18.4 Å². The molecule has 22 heavy (non-hydrogen) atoms. The molecule has 6 heteroatoms. The fourth-order valence-corrected chi connectivity index (χ4v) is 2.00. The highest BCUT2D eigenvalue weighted by Gasteiger charge is 2.06. The largest absolute Gasteiger partial charge is 0.393 e. The van der Waals surface area contributed by atoms with E-state index in [4.69, 9.17) is 0 Å². The number of amides is 2. The summed E-state index contributed by atoms with van der Waals surface area (Å²) in [5, 5.41) is 19.1. The number of nitrogens with one attached hydrogen (secondary N) is 2. The smallest absolute Gasteiger partial charge is 0.320 e. The van der Waals surface area contributed by atoms with Crippen LogP contribution in [0.5, 0.6) is 0 Å². The van der Waals surface area contributed by atoms with Gasteiger partial charge in [0, 0.05) is 18.8 Å². The van der Waals surface area contributed by atoms with Gasteiger partial charge in [0.05, 0.1) is 12.6 Å². The predicted octanol–water partition coefficient (Wildman–Crippen LogP) is 2.21. The molecule has 1 aromatic heterocycles. The van der Waals surface area contributed by atoms with Crippen LogP contribution in [-0.4, -0.2) is 33.6 Å². The molecule has 1 unspecified atom stereocenters. The molecule has 0 fully saturated rings. The lowest BCUT2D eigenvalue weighted by Crippen LogP contribution is -2.31. The van der Waals surface area contributed by atoms with Crippen LogP contribution in [0.4, 0.5) is 10.6 Å². The van der Waals surface area contributed by atoms with Crippen molar-refractivity contribution < 1.29 is 9.90 Å². The summed E-state index contributed by atoms with van der Waals surface area (Å²) in [7, 11) is 0. The third-order valence-corrected chi connectivity index (χ3v) is 3.30. The molecular weight excluding hydrogens is 280 g/mol. The van der Waals surface area contributed by atoms with Gasteiger partial charge in [-0.2, -0.15) is 5.10 Å². The first-order valence-electron chi connectivity index (χ1n) is 7.47. The summed E-state index contributed by atoms with van der Waals surface area (Å²) in [5.41, 5.74) is 1.15. The van der Waals surface area contributed by atoms with E-state index in [0.29, 0.717) is 31.7 Å². The molecule has 118 valence electrons. The van der Waals surface area contributed by atoms with E-state index < -0.39 is 0 Å². The average Bonchev–Trinajstić information content (AvgIpc) is 2.95. The lowest BCUT2D eigenvalue weighted by Gasteiger charge is -2.08. The van der Waals surface area contributed by atoms with Gasteiger partial charge in [-0.3, -0.25) is 10.00 Å². The van der Waals surface area contributed by atoms with Crippen LogP contribution in [0.15, 0.2) is 42.6 Å². The molecule has 2 rings (SSSR count). The van der Waals surface area contributed by atoms with E-state index in [9.17, 15) is 9.90 Å². The Balaban J connectivity index is 1.78. The second-order valence-electron chi connectivity index (χ2n) is 5.12. The number of aliphatic hydroxyl groups excluding tert-OH is 1. The molecule has 0 spiro atoms. The Kier molecular flexibility index (Phi) is 5.97. The van der Waals surface area contributed by atoms with Crippen LogP contribution in [0.25, 0.3) is 0 Å². The van der Waals surface area contributed by atoms with Crippen molar-refractivity contribution in [1.29, 1.82) is 0 Å². The molecule has 6 nitrogen and oxygen atoms in total. The minimum absolute atomic E-state index is 0.312. The molecule has 0 saturated heterocycles. The Labute approximate surface area is 130 Å². The first-order valence-corrected chi connectivity index (χ1v) is 7.47. The van der Waals surface area contributed by atoms with Crippen molar-refractivity contribution in [3.8, 4) is 0 Å². The average molecular weight is 302 g/mol. The summed E-state index contributed by atoms with van der Waals surface area (Å²) in [6, 6.07) is 11.4. The molecule has 2 aromatic rings. The fourth-order valence-electron chi connectivity index (χ4n) is 2.00. The number of aliphatic hydroxyl groups is 1. The molecule has 0 aliphatic heterocycles. The molecule has 0 bridgehead atoms. The van der Waals surface area contributed by atoms with Crippen LogP contribution in [0.1, 0.15) is 25.3 Å². The van der Waals surface area contributed by atoms with E-state index in [1.807, 2.05) is 43.5 Å². The number of hydrogen-bond donors (Lipinski definition) is 3. The Morgan fingerprint density at radius 1 is 1.32 bits per heavy atom. The Bertz CT molecular complexity index is 583. The highest BCUT2D eigenvalue weighted by Crippen LogP contribution is 2.06. The van der Waals surface area contributed by atoms with E-state index in [1.165, 1.54) is 0 Å². The maximum Gasteiger partial charge on any atom is 0.320 e. The van der Waals surface area contributed by atoms with Crippen LogP contribution in [0, 0.1) is 0 Å². The quantitative estimate of drug-likeness (QED) is 0.733. The van der Waals surface area contributed by atoms with Gasteiger partial charge in [0.25, 0.3) is 0 Å². The van der Waals surface area contributed by atoms with Crippen molar-refractivity contribution in [1.82, 2.24) is 15.1 Å². The number of benzene rings is 1. The van der Waals surface area contributed by atoms with Crippen LogP contribution in [-0.2, 0) is 6.54 Å². The minimum Gasteiger partial charge on any atom is -0.393 e. The summed E-state index contributed by atoms with van der Waals surface area (Å²) in [6.07, 6.45) is 2.69. The first-order chi connectivity index (χ1) is 10.7. The third kappa shape index (κ3) is 5.21. The highest BCUT2D eigenvalue weighted by atomic mass is 16.3. The second-order valence-corrected chi connectivity index (χ2v) is 5.12. The van der Waals surface area contributed by atoms with Crippen molar-refractivity contribution in [2.75, 3.05) is 11.9 Å². The normalized spacial score (nSPS) is 11.9. The topological polar surface area (TPSA) is 79.2 Å². The van der Waals surface area contributed by atoms with Gasteiger partial charge in [0.2, 0.25) is 0 Å². The summed E-state index contributed by atoms with van der Waals surface area (Å²) in [5.74, 6) is 0.504. The molecule has 2 amide bonds. The number of aromatic nitrogens is 2. The Hall–Kier alpha value is -2.34. The highest BCUT2D eigenvalue weighted by molar-refractivity contribution is 5.88. The van der Waals surface area contributed by atoms with Crippen LogP contribution in [0.3, 0.4) is 0 Å². The van der Waals surface area contributed by atoms with Gasteiger partial charge < -0.3 is 10.4 Å². The Morgan fingerprint density at radius 2 is 2.09 bits per heavy atom. The van der Waals surface area contributed by atoms with Gasteiger partial charge in [-0.1, -0.05) is 37.3 Å². The molecule has 0 aliphatic carbocycles. The fraction of sp³-hybridized carbons (Fsp3) is 0.375. The van der Waals surface area contributed by atoms with Crippen LogP contribution in [0.2, 0.25) is 0 Å². The standard InChI is InChI=1S/C16H22N4O2/c1-2-14(21)8-10-17-16(22)18-15-9-11-20(19-15)12-13-6-4-3-5-7-13/h3-7,9,11,14,21H,2,8,10,12H2,1H3,(H2,17,18,19,22). The zero-order valence-corrected chi connectivity index (χ0v) is 12.7. The number of carbonyl (C=O) groups is 1. The van der Waals surface area contributed by atoms with E-state index in [0.717, 1.165) is 5.56 Å². The maximum absolute atomic E-state index is 11.7. The molecule has 1 heterocycles. The van der Waals surface area contributed by atoms with E-state index in [1.54, 1.807) is 10.7 Å². The molecule has 3 N–H and O–H groups in total. The predicted molar refractivity (Wildman–Crippen MR) is 85.7 cm³/mol. The number of rotatable bonds is 7. The zero-order valence-electron chi connectivity index (χ0n) is 12.7. The summed E-state index contributed by atoms with van der Waals surface area (Å²) in [4.78, 5) is 11.7. The van der Waals surface area contributed by atoms with Crippen LogP contribution >= 0.6 is 0 Å². The SMILES string of the molecule is CCC(O)CCNC(=O)Nc1ccn(Cc2ccccc2)n1. The monoisotopic (exact) mass is 302 g/mol. The van der Waals surface area contributed by atoms with Crippen molar-refractivity contribution >= 4 is 11.8 Å². The molecule has 1 aromatic carbocycles. The summed E-state index contributed by atoms with van der Waals surface area (Å²) < 4.78 is 1.77. The molecule has 1 atom stereocenters. The molecule has 0 saturated carbocycles. The Morgan fingerprint density at radius 3 is 2.82 bits per heavy atom. The molecule has 0 radical (unpaired) electrons. The van der Waals surface area contributed by atoms with Crippen molar-refractivity contribution in [2.24, 2.45) is 0 Å². The third-order valence-electron chi connectivity index (χ3n) is 3.30. The summed E-state index contributed by atoms with van der Waals surface area (Å²) >= 11 is 0. The number of urea groups is 1. The van der Waals surface area contributed by atoms with E-state index in [-0.39, 0.29) is 12.1 Å². The number of hydrogen-bond acceptors (Lipinski definition) is 3. The van der Waals surface area contributed by atoms with Crippen molar-refractivity contribution in [3.05, 3.63) is 48.2 Å². The maximum atomic E-state index is 11.7. The van der Waals surface area contributed by atoms with Gasteiger partial charge in [0.1, 0.15) is 0 Å². The summed E-state index contributed by atoms with van der Waals surface area (Å²) in [6.45, 7) is 3.00. The number of nitrogens with zero attached hydrogens (tertiary/aromatic N) is 2. The lowest BCUT2D eigenvalue weighted by atomic mass is 10.2.